The molecule has 0 unspecified atom stereocenters. The average Bonchev–Trinajstić information content (AvgIpc) is 3.10. The van der Waals surface area contributed by atoms with Gasteiger partial charge in [0.1, 0.15) is 0 Å². The number of nitrogens with one attached hydrogen (secondary N) is 1. The summed E-state index contributed by atoms with van der Waals surface area (Å²) >= 11 is 4.75. The summed E-state index contributed by atoms with van der Waals surface area (Å²) in [5, 5.41) is 16.1. The van der Waals surface area contributed by atoms with Crippen LogP contribution in [-0.4, -0.2) is 32.5 Å². The number of thioether (sulfide) groups is 1. The molecule has 0 aliphatic carbocycles. The molecule has 0 saturated heterocycles. The molecule has 0 aliphatic rings. The maximum atomic E-state index is 12.2. The number of carboxylic acids is 1. The van der Waals surface area contributed by atoms with E-state index in [1.807, 2.05) is 54.6 Å². The van der Waals surface area contributed by atoms with Crippen LogP contribution < -0.4 is 34.9 Å². The summed E-state index contributed by atoms with van der Waals surface area (Å²) < 4.78 is 2.52. The molecule has 0 atom stereocenters. The standard InChI is InChI=1S/C20H18BrN3O3S.Na.H/c21-15-6-8-16(9-7-15)28-13-18(25)22-17-12-24(23-19(17)20(26)27)11-10-14-4-2-1-3-5-14;;/h1-9,12H,10-11,13H2,(H,22,25)(H,26,27);;/q;+1;-1. The van der Waals surface area contributed by atoms with Crippen LogP contribution in [0.5, 0.6) is 0 Å². The third-order valence-electron chi connectivity index (χ3n) is 3.89. The zero-order valence-electron chi connectivity index (χ0n) is 16.8. The SMILES string of the molecule is O=C(CSc1ccc(Br)cc1)Nc1cn(CCc2ccccc2)nc1C(=O)O.[H-].[Na+]. The molecule has 0 bridgehead atoms. The minimum Gasteiger partial charge on any atom is -1.00 e. The predicted molar refractivity (Wildman–Crippen MR) is 114 cm³/mol. The molecule has 0 radical (unpaired) electrons. The maximum Gasteiger partial charge on any atom is 1.00 e. The number of hydrogen-bond acceptors (Lipinski definition) is 4. The minimum absolute atomic E-state index is 0. The fourth-order valence-electron chi connectivity index (χ4n) is 2.54. The molecule has 2 aromatic carbocycles. The van der Waals surface area contributed by atoms with Crippen molar-refractivity contribution in [2.75, 3.05) is 11.1 Å². The number of carbonyl (C=O) groups is 2. The van der Waals surface area contributed by atoms with Crippen molar-refractivity contribution in [2.45, 2.75) is 17.9 Å². The molecule has 0 spiro atoms. The van der Waals surface area contributed by atoms with Crippen molar-refractivity contribution >= 4 is 45.3 Å². The number of benzene rings is 2. The van der Waals surface area contributed by atoms with Crippen LogP contribution >= 0.6 is 27.7 Å². The molecule has 29 heavy (non-hydrogen) atoms. The Balaban J connectivity index is 0.00000225. The molecule has 1 heterocycles. The van der Waals surface area contributed by atoms with Crippen LogP contribution in [0.4, 0.5) is 5.69 Å². The van der Waals surface area contributed by atoms with E-state index in [1.165, 1.54) is 11.8 Å². The van der Waals surface area contributed by atoms with Crippen molar-refractivity contribution in [2.24, 2.45) is 0 Å². The average molecular weight is 484 g/mol. The number of nitrogens with zero attached hydrogens (tertiary/aromatic N) is 2. The summed E-state index contributed by atoms with van der Waals surface area (Å²) in [6, 6.07) is 17.5. The Morgan fingerprint density at radius 1 is 1.14 bits per heavy atom. The van der Waals surface area contributed by atoms with Crippen LogP contribution in [0.25, 0.3) is 0 Å². The number of carbonyl (C=O) groups excluding carboxylic acids is 1. The van der Waals surface area contributed by atoms with Crippen LogP contribution in [0.3, 0.4) is 0 Å². The van der Waals surface area contributed by atoms with Crippen molar-refractivity contribution in [3.05, 3.63) is 76.5 Å². The number of anilines is 1. The molecular weight excluding hydrogens is 465 g/mol. The van der Waals surface area contributed by atoms with E-state index in [1.54, 1.807) is 10.9 Å². The van der Waals surface area contributed by atoms with Crippen molar-refractivity contribution in [3.63, 3.8) is 0 Å². The second-order valence-corrected chi connectivity index (χ2v) is 7.95. The number of rotatable bonds is 8. The van der Waals surface area contributed by atoms with Crippen LogP contribution in [0.15, 0.2) is 70.2 Å². The van der Waals surface area contributed by atoms with Gasteiger partial charge in [0.2, 0.25) is 5.91 Å². The fraction of sp³-hybridized carbons (Fsp3) is 0.150. The van der Waals surface area contributed by atoms with E-state index in [0.717, 1.165) is 14.9 Å². The molecule has 3 rings (SSSR count). The van der Waals surface area contributed by atoms with Crippen LogP contribution in [-0.2, 0) is 17.8 Å². The van der Waals surface area contributed by atoms with E-state index in [2.05, 4.69) is 26.3 Å². The second kappa shape index (κ2) is 11.6. The van der Waals surface area contributed by atoms with E-state index >= 15 is 0 Å². The van der Waals surface area contributed by atoms with E-state index in [9.17, 15) is 14.7 Å². The van der Waals surface area contributed by atoms with Crippen LogP contribution in [0, 0.1) is 0 Å². The molecule has 3 aromatic rings. The van der Waals surface area contributed by atoms with Gasteiger partial charge in [-0.25, -0.2) is 4.79 Å². The molecule has 146 valence electrons. The smallest absolute Gasteiger partial charge is 1.00 e. The summed E-state index contributed by atoms with van der Waals surface area (Å²) in [5.41, 5.74) is 1.18. The van der Waals surface area contributed by atoms with Crippen molar-refractivity contribution in [3.8, 4) is 0 Å². The summed E-state index contributed by atoms with van der Waals surface area (Å²) in [6.45, 7) is 0.522. The first-order chi connectivity index (χ1) is 13.5. The van der Waals surface area contributed by atoms with Gasteiger partial charge in [-0.3, -0.25) is 9.48 Å². The molecule has 0 saturated carbocycles. The van der Waals surface area contributed by atoms with Gasteiger partial charge >= 0.3 is 35.5 Å². The van der Waals surface area contributed by atoms with Gasteiger partial charge in [-0.1, -0.05) is 46.3 Å². The Morgan fingerprint density at radius 3 is 2.48 bits per heavy atom. The zero-order chi connectivity index (χ0) is 19.9. The minimum atomic E-state index is -1.17. The number of carboxylic acid groups (broad SMARTS) is 1. The third-order valence-corrected chi connectivity index (χ3v) is 5.44. The molecular formula is C20H19BrN3NaO3S. The van der Waals surface area contributed by atoms with Gasteiger partial charge in [0, 0.05) is 22.1 Å². The number of halogens is 1. The van der Waals surface area contributed by atoms with E-state index in [4.69, 9.17) is 0 Å². The molecule has 1 aromatic heterocycles. The number of aromatic nitrogens is 2. The largest absolute Gasteiger partial charge is 1.00 e. The fourth-order valence-corrected chi connectivity index (χ4v) is 3.50. The number of aromatic carboxylic acids is 1. The monoisotopic (exact) mass is 483 g/mol. The van der Waals surface area contributed by atoms with Gasteiger partial charge in [-0.05, 0) is 36.2 Å². The summed E-state index contributed by atoms with van der Waals surface area (Å²) in [7, 11) is 0. The summed E-state index contributed by atoms with van der Waals surface area (Å²) in [5.74, 6) is -1.28. The van der Waals surface area contributed by atoms with Crippen molar-refractivity contribution in [1.82, 2.24) is 9.78 Å². The molecule has 6 nitrogen and oxygen atoms in total. The van der Waals surface area contributed by atoms with E-state index in [-0.39, 0.29) is 54.0 Å². The van der Waals surface area contributed by atoms with Crippen molar-refractivity contribution in [1.29, 1.82) is 0 Å². The quantitative estimate of drug-likeness (QED) is 0.374. The summed E-state index contributed by atoms with van der Waals surface area (Å²) in [4.78, 5) is 24.7. The first-order valence-electron chi connectivity index (χ1n) is 8.54. The predicted octanol–water partition coefficient (Wildman–Crippen LogP) is 1.43. The Morgan fingerprint density at radius 2 is 1.83 bits per heavy atom. The first-order valence-corrected chi connectivity index (χ1v) is 10.3. The first kappa shape index (κ1) is 23.7. The van der Waals surface area contributed by atoms with E-state index in [0.29, 0.717) is 13.0 Å². The molecule has 2 N–H and O–H groups in total. The number of amides is 1. The molecule has 0 fully saturated rings. The Kier molecular flexibility index (Phi) is 9.45. The Hall–Kier alpha value is -1.58. The van der Waals surface area contributed by atoms with Gasteiger partial charge in [-0.2, -0.15) is 5.10 Å². The molecule has 9 heteroatoms. The normalized spacial score (nSPS) is 10.2. The molecule has 0 aliphatic heterocycles. The number of hydrogen-bond donors (Lipinski definition) is 2. The van der Waals surface area contributed by atoms with Gasteiger partial charge in [-0.15, -0.1) is 11.8 Å². The van der Waals surface area contributed by atoms with Gasteiger partial charge < -0.3 is 11.8 Å². The van der Waals surface area contributed by atoms with Crippen LogP contribution in [0.2, 0.25) is 0 Å². The van der Waals surface area contributed by atoms with Gasteiger partial charge in [0.15, 0.2) is 5.69 Å². The summed E-state index contributed by atoms with van der Waals surface area (Å²) in [6.07, 6.45) is 2.28. The Bertz CT molecular complexity index is 971. The van der Waals surface area contributed by atoms with Crippen LogP contribution in [0.1, 0.15) is 17.5 Å². The van der Waals surface area contributed by atoms with Crippen molar-refractivity contribution < 1.29 is 45.7 Å². The molecule has 1 amide bonds. The number of aryl methyl sites for hydroxylation is 2. The van der Waals surface area contributed by atoms with Gasteiger partial charge in [0.25, 0.3) is 0 Å². The zero-order valence-corrected chi connectivity index (χ0v) is 20.2. The second-order valence-electron chi connectivity index (χ2n) is 5.99. The Labute approximate surface area is 205 Å². The maximum absolute atomic E-state index is 12.2. The van der Waals surface area contributed by atoms with Gasteiger partial charge in [0.05, 0.1) is 11.4 Å². The third kappa shape index (κ3) is 7.31. The van der Waals surface area contributed by atoms with E-state index < -0.39 is 5.97 Å². The topological polar surface area (TPSA) is 84.2 Å².